The predicted octanol–water partition coefficient (Wildman–Crippen LogP) is 16.5. The molecule has 0 heterocycles. The molecule has 0 aliphatic rings. The van der Waals surface area contributed by atoms with Gasteiger partial charge in [-0.05, 0) is 45.1 Å². The molecule has 3 amide bonds. The largest absolute Gasteiger partial charge is 0.379 e. The van der Waals surface area contributed by atoms with Gasteiger partial charge in [0.15, 0.2) is 0 Å². The van der Waals surface area contributed by atoms with Gasteiger partial charge in [-0.15, -0.1) is 0 Å². The highest BCUT2D eigenvalue weighted by atomic mass is 16.6. The molecule has 0 rings (SSSR count). The Balaban J connectivity index is 5.72. The van der Waals surface area contributed by atoms with Crippen LogP contribution in [0.3, 0.4) is 0 Å². The quantitative estimate of drug-likeness (QED) is 0.0176. The first kappa shape index (κ1) is 87.1. The Morgan fingerprint density at radius 1 is 0.303 bits per heavy atom. The van der Waals surface area contributed by atoms with E-state index in [1.165, 1.54) is 244 Å². The molecule has 1 atom stereocenters. The summed E-state index contributed by atoms with van der Waals surface area (Å²) in [6.07, 6.45) is 58.7. The van der Waals surface area contributed by atoms with E-state index in [0.717, 1.165) is 123 Å². The maximum Gasteiger partial charge on any atom is 0.221 e. The number of unbranched alkanes of at least 4 members (excludes halogenated alkanes) is 40. The van der Waals surface area contributed by atoms with Crippen molar-refractivity contribution in [1.82, 2.24) is 46.8 Å². The van der Waals surface area contributed by atoms with Crippen molar-refractivity contribution in [2.45, 2.75) is 355 Å². The van der Waals surface area contributed by atoms with Gasteiger partial charge in [-0.1, -0.05) is 291 Å². The molecule has 0 radical (unpaired) electrons. The summed E-state index contributed by atoms with van der Waals surface area (Å²) in [6.45, 7) is 23.9. The van der Waals surface area contributed by atoms with Crippen molar-refractivity contribution < 1.29 is 24.3 Å². The van der Waals surface area contributed by atoms with E-state index >= 15 is 0 Å². The minimum atomic E-state index is -0.590. The van der Waals surface area contributed by atoms with Crippen LogP contribution in [0.4, 0.5) is 0 Å². The zero-order valence-electron chi connectivity index (χ0n) is 60.2. The minimum absolute atomic E-state index is 0.101. The Bertz CT molecular complexity index is 1430. The first-order valence-corrected chi connectivity index (χ1v) is 39.2. The summed E-state index contributed by atoms with van der Waals surface area (Å²) in [6, 6.07) is 0. The highest BCUT2D eigenvalue weighted by Gasteiger charge is 2.16. The molecule has 0 aromatic heterocycles. The Morgan fingerprint density at radius 3 is 0.899 bits per heavy atom. The molecular weight excluding hydrogens is 1110 g/mol. The van der Waals surface area contributed by atoms with Gasteiger partial charge in [0.1, 0.15) is 6.23 Å². The Labute approximate surface area is 553 Å². The van der Waals surface area contributed by atoms with Crippen LogP contribution in [0.25, 0.3) is 0 Å². The van der Waals surface area contributed by atoms with Crippen LogP contribution < -0.4 is 32.1 Å². The number of nitrogens with one attached hydrogen (secondary N) is 6. The molecule has 0 saturated carbocycles. The van der Waals surface area contributed by atoms with Crippen molar-refractivity contribution in [2.24, 2.45) is 0 Å². The number of aliphatic hydroxyl groups is 1. The number of carbonyl (C=O) groups is 3. The zero-order chi connectivity index (χ0) is 64.7. The summed E-state index contributed by atoms with van der Waals surface area (Å²) in [5.41, 5.74) is 3.22. The Hall–Kier alpha value is -1.91. The van der Waals surface area contributed by atoms with E-state index in [9.17, 15) is 19.5 Å². The molecule has 14 heteroatoms. The van der Waals surface area contributed by atoms with Crippen LogP contribution in [0, 0.1) is 0 Å². The Morgan fingerprint density at radius 2 is 0.573 bits per heavy atom. The molecule has 89 heavy (non-hydrogen) atoms. The molecule has 14 nitrogen and oxygen atoms in total. The summed E-state index contributed by atoms with van der Waals surface area (Å²) in [4.78, 5) is 52.8. The first-order valence-electron chi connectivity index (χ1n) is 39.2. The maximum atomic E-state index is 13.3. The van der Waals surface area contributed by atoms with Crippen molar-refractivity contribution >= 4 is 17.7 Å². The number of amides is 3. The second kappa shape index (κ2) is 73.5. The summed E-state index contributed by atoms with van der Waals surface area (Å²) in [5, 5.41) is 27.9. The van der Waals surface area contributed by atoms with Crippen LogP contribution in [0.2, 0.25) is 0 Å². The molecule has 7 N–H and O–H groups in total. The minimum Gasteiger partial charge on any atom is -0.379 e. The topological polar surface area (TPSA) is 163 Å². The van der Waals surface area contributed by atoms with Gasteiger partial charge in [-0.25, -0.2) is 5.48 Å². The lowest BCUT2D eigenvalue weighted by Gasteiger charge is -2.29. The van der Waals surface area contributed by atoms with Gasteiger partial charge in [0, 0.05) is 117 Å². The van der Waals surface area contributed by atoms with Crippen LogP contribution in [0.5, 0.6) is 0 Å². The van der Waals surface area contributed by atoms with Crippen LogP contribution in [0.15, 0.2) is 0 Å². The average molecular weight is 1260 g/mol. The van der Waals surface area contributed by atoms with Crippen molar-refractivity contribution in [3.63, 3.8) is 0 Å². The number of carbonyl (C=O) groups excluding carboxylic acids is 3. The van der Waals surface area contributed by atoms with Gasteiger partial charge in [-0.2, -0.15) is 0 Å². The lowest BCUT2D eigenvalue weighted by molar-refractivity contribution is -0.122. The molecule has 0 aromatic rings. The zero-order valence-corrected chi connectivity index (χ0v) is 60.2. The SMILES string of the molecule is CCCCCCCCCCCNOCCN(CCNCCN(CCC(=O)NCCCCCCCCCCC)CCN(CCC(=O)NCCCCCCCCCCC)CCC(O)NCCCCCCCCCCC)CCC(=O)NCCCCCCCCCCC. The monoisotopic (exact) mass is 1260 g/mol. The fourth-order valence-corrected chi connectivity index (χ4v) is 11.9. The summed E-state index contributed by atoms with van der Waals surface area (Å²) in [5.74, 6) is 0.342. The van der Waals surface area contributed by atoms with Gasteiger partial charge >= 0.3 is 0 Å². The normalized spacial score (nSPS) is 12.1. The molecule has 1 unspecified atom stereocenters. The van der Waals surface area contributed by atoms with E-state index < -0.39 is 6.23 Å². The van der Waals surface area contributed by atoms with Crippen molar-refractivity contribution in [3.8, 4) is 0 Å². The molecular formula is C75H155N9O5. The number of nitrogens with zero attached hydrogens (tertiary/aromatic N) is 3. The molecule has 0 fully saturated rings. The van der Waals surface area contributed by atoms with E-state index in [1.54, 1.807) is 0 Å². The number of rotatable bonds is 76. The number of hydrogen-bond donors (Lipinski definition) is 7. The van der Waals surface area contributed by atoms with Gasteiger partial charge < -0.3 is 41.0 Å². The second-order valence-corrected chi connectivity index (χ2v) is 26.7. The maximum absolute atomic E-state index is 13.3. The van der Waals surface area contributed by atoms with Crippen LogP contribution in [-0.2, 0) is 19.2 Å². The first-order chi connectivity index (χ1) is 43.8. The summed E-state index contributed by atoms with van der Waals surface area (Å²) >= 11 is 0. The van der Waals surface area contributed by atoms with Gasteiger partial charge in [0.05, 0.1) is 6.61 Å². The predicted molar refractivity (Wildman–Crippen MR) is 384 cm³/mol. The molecule has 0 bridgehead atoms. The molecule has 0 saturated heterocycles. The van der Waals surface area contributed by atoms with Crippen molar-refractivity contribution in [2.75, 3.05) is 111 Å². The van der Waals surface area contributed by atoms with Gasteiger partial charge in [-0.3, -0.25) is 24.6 Å². The molecule has 0 aromatic carbocycles. The molecule has 530 valence electrons. The fraction of sp³-hybridized carbons (Fsp3) is 0.960. The number of hydroxylamine groups is 1. The van der Waals surface area contributed by atoms with Crippen LogP contribution in [0.1, 0.15) is 349 Å². The van der Waals surface area contributed by atoms with E-state index in [4.69, 9.17) is 4.84 Å². The van der Waals surface area contributed by atoms with E-state index in [-0.39, 0.29) is 17.7 Å². The third-order valence-electron chi connectivity index (χ3n) is 18.1. The third kappa shape index (κ3) is 68.8. The fourth-order valence-electron chi connectivity index (χ4n) is 11.9. The molecule has 0 spiro atoms. The van der Waals surface area contributed by atoms with E-state index in [1.807, 2.05) is 0 Å². The van der Waals surface area contributed by atoms with Crippen molar-refractivity contribution in [1.29, 1.82) is 0 Å². The number of aliphatic hydroxyl groups excluding tert-OH is 1. The third-order valence-corrected chi connectivity index (χ3v) is 18.1. The second-order valence-electron chi connectivity index (χ2n) is 26.7. The van der Waals surface area contributed by atoms with E-state index in [0.29, 0.717) is 58.5 Å². The summed E-state index contributed by atoms with van der Waals surface area (Å²) < 4.78 is 0. The Kier molecular flexibility index (Phi) is 71.9. The van der Waals surface area contributed by atoms with Crippen molar-refractivity contribution in [3.05, 3.63) is 0 Å². The van der Waals surface area contributed by atoms with Gasteiger partial charge in [0.25, 0.3) is 0 Å². The standard InChI is InChI=1S/C75H155N9O5/c1-6-11-16-21-26-31-36-41-46-55-77-72(85)51-62-82(63-52-73(86)78-56-47-42-37-32-27-22-17-12-7-2)68-69-83(64-53-74(87)79-57-48-43-38-33-28-23-18-13-8-3)66-60-76-61-67-84(70-71-89-81-59-50-45-40-35-30-25-20-15-10-5)65-54-75(88)80-58-49-44-39-34-29-24-19-14-9-4/h72,76-77,81,85H,6-71H2,1-5H3,(H,78,86)(H,79,87)(H,80,88). The highest BCUT2D eigenvalue weighted by Crippen LogP contribution is 2.14. The van der Waals surface area contributed by atoms with Gasteiger partial charge in [0.2, 0.25) is 17.7 Å². The van der Waals surface area contributed by atoms with Crippen LogP contribution >= 0.6 is 0 Å². The van der Waals surface area contributed by atoms with E-state index in [2.05, 4.69) is 81.4 Å². The average Bonchev–Trinajstić information content (AvgIpc) is 3.59. The molecule has 0 aliphatic carbocycles. The molecule has 0 aliphatic heterocycles. The summed E-state index contributed by atoms with van der Waals surface area (Å²) in [7, 11) is 0. The lowest BCUT2D eigenvalue weighted by atomic mass is 10.1. The lowest BCUT2D eigenvalue weighted by Crippen LogP contribution is -2.43. The smallest absolute Gasteiger partial charge is 0.221 e. The number of hydrogen-bond acceptors (Lipinski definition) is 11. The van der Waals surface area contributed by atoms with Crippen LogP contribution in [-0.4, -0.2) is 155 Å². The highest BCUT2D eigenvalue weighted by molar-refractivity contribution is 5.76.